The van der Waals surface area contributed by atoms with Crippen LogP contribution in [0.5, 0.6) is 5.75 Å². The van der Waals surface area contributed by atoms with E-state index in [9.17, 15) is 14.4 Å². The number of hydrogen-bond acceptors (Lipinski definition) is 5. The van der Waals surface area contributed by atoms with Crippen molar-refractivity contribution >= 4 is 17.9 Å². The summed E-state index contributed by atoms with van der Waals surface area (Å²) in [5.41, 5.74) is 1.17. The van der Waals surface area contributed by atoms with E-state index in [0.717, 1.165) is 10.5 Å². The predicted octanol–water partition coefficient (Wildman–Crippen LogP) is 1.10. The fraction of sp³-hybridized carbons (Fsp3) is 0.400. The summed E-state index contributed by atoms with van der Waals surface area (Å²) in [6, 6.07) is 4.41. The molecule has 22 heavy (non-hydrogen) atoms. The van der Waals surface area contributed by atoms with Crippen LogP contribution in [0.4, 0.5) is 4.79 Å². The maximum absolute atomic E-state index is 12.1. The summed E-state index contributed by atoms with van der Waals surface area (Å²) in [4.78, 5) is 36.6. The van der Waals surface area contributed by atoms with E-state index in [0.29, 0.717) is 12.3 Å². The molecule has 0 unspecified atom stereocenters. The zero-order chi connectivity index (χ0) is 16.3. The van der Waals surface area contributed by atoms with Crippen LogP contribution in [0.15, 0.2) is 18.2 Å². The van der Waals surface area contributed by atoms with Crippen LogP contribution in [0.3, 0.4) is 0 Å². The van der Waals surface area contributed by atoms with Crippen molar-refractivity contribution in [2.45, 2.75) is 20.0 Å². The largest absolute Gasteiger partial charge is 0.496 e. The lowest BCUT2D eigenvalue weighted by Gasteiger charge is -2.18. The van der Waals surface area contributed by atoms with Crippen LogP contribution in [-0.2, 0) is 9.53 Å². The Morgan fingerprint density at radius 2 is 2.09 bits per heavy atom. The number of carbonyl (C=O) groups is 3. The van der Waals surface area contributed by atoms with Crippen LogP contribution in [-0.4, -0.2) is 49.1 Å². The Hall–Kier alpha value is -2.57. The smallest absolute Gasteiger partial charge is 0.339 e. The van der Waals surface area contributed by atoms with Gasteiger partial charge in [0.25, 0.3) is 5.91 Å². The van der Waals surface area contributed by atoms with Crippen molar-refractivity contribution in [3.8, 4) is 5.75 Å². The molecule has 0 bridgehead atoms. The fourth-order valence-corrected chi connectivity index (χ4v) is 2.13. The molecule has 1 aromatic rings. The Bertz CT molecular complexity index is 614. The lowest BCUT2D eigenvalue weighted by molar-refractivity contribution is -0.136. The second-order valence-electron chi connectivity index (χ2n) is 4.95. The minimum Gasteiger partial charge on any atom is -0.496 e. The van der Waals surface area contributed by atoms with Gasteiger partial charge in [0.05, 0.1) is 12.7 Å². The standard InChI is InChI=1S/C15H18N2O5/c1-9-4-5-11(8-12(9)21-3)14(19)22-10(2)13(18)17-7-6-16-15(17)20/h4-5,8,10H,6-7H2,1-3H3,(H,16,20)/t10-/m1/s1. The number of benzene rings is 1. The molecule has 1 fully saturated rings. The number of carbonyl (C=O) groups excluding carboxylic acids is 3. The van der Waals surface area contributed by atoms with Gasteiger partial charge in [0.2, 0.25) is 0 Å². The minimum atomic E-state index is -1.04. The van der Waals surface area contributed by atoms with E-state index in [1.165, 1.54) is 14.0 Å². The van der Waals surface area contributed by atoms with Gasteiger partial charge >= 0.3 is 12.0 Å². The predicted molar refractivity (Wildman–Crippen MR) is 77.7 cm³/mol. The van der Waals surface area contributed by atoms with E-state index < -0.39 is 24.0 Å². The van der Waals surface area contributed by atoms with Gasteiger partial charge in [-0.25, -0.2) is 9.59 Å². The fourth-order valence-electron chi connectivity index (χ4n) is 2.13. The van der Waals surface area contributed by atoms with Crippen LogP contribution in [0.1, 0.15) is 22.8 Å². The first-order valence-corrected chi connectivity index (χ1v) is 6.89. The zero-order valence-corrected chi connectivity index (χ0v) is 12.7. The first-order chi connectivity index (χ1) is 10.4. The Balaban J connectivity index is 2.04. The van der Waals surface area contributed by atoms with E-state index in [-0.39, 0.29) is 12.1 Å². The molecule has 7 heteroatoms. The Morgan fingerprint density at radius 3 is 2.68 bits per heavy atom. The minimum absolute atomic E-state index is 0.276. The third-order valence-corrected chi connectivity index (χ3v) is 3.40. The topological polar surface area (TPSA) is 84.9 Å². The van der Waals surface area contributed by atoms with Crippen molar-refractivity contribution in [3.05, 3.63) is 29.3 Å². The average molecular weight is 306 g/mol. The van der Waals surface area contributed by atoms with Crippen LogP contribution < -0.4 is 10.1 Å². The molecule has 1 heterocycles. The molecule has 1 N–H and O–H groups in total. The van der Waals surface area contributed by atoms with Gasteiger partial charge in [-0.1, -0.05) is 6.07 Å². The van der Waals surface area contributed by atoms with Gasteiger partial charge in [0.15, 0.2) is 6.10 Å². The highest BCUT2D eigenvalue weighted by Crippen LogP contribution is 2.20. The second kappa shape index (κ2) is 6.46. The number of aryl methyl sites for hydroxylation is 1. The number of rotatable bonds is 4. The molecule has 0 aliphatic carbocycles. The molecule has 0 aromatic heterocycles. The highest BCUT2D eigenvalue weighted by molar-refractivity contribution is 5.99. The van der Waals surface area contributed by atoms with Gasteiger partial charge in [0.1, 0.15) is 5.75 Å². The zero-order valence-electron chi connectivity index (χ0n) is 12.7. The summed E-state index contributed by atoms with van der Waals surface area (Å²) in [5.74, 6) is -0.617. The van der Waals surface area contributed by atoms with Gasteiger partial charge in [-0.2, -0.15) is 0 Å². The second-order valence-corrected chi connectivity index (χ2v) is 4.95. The maximum Gasteiger partial charge on any atom is 0.339 e. The van der Waals surface area contributed by atoms with Crippen molar-refractivity contribution in [1.82, 2.24) is 10.2 Å². The van der Waals surface area contributed by atoms with E-state index in [4.69, 9.17) is 9.47 Å². The number of imide groups is 1. The number of amides is 3. The van der Waals surface area contributed by atoms with E-state index in [1.807, 2.05) is 6.92 Å². The van der Waals surface area contributed by atoms with Crippen molar-refractivity contribution in [3.63, 3.8) is 0 Å². The van der Waals surface area contributed by atoms with Crippen LogP contribution in [0.2, 0.25) is 0 Å². The van der Waals surface area contributed by atoms with Crippen molar-refractivity contribution < 1.29 is 23.9 Å². The highest BCUT2D eigenvalue weighted by Gasteiger charge is 2.31. The lowest BCUT2D eigenvalue weighted by Crippen LogP contribution is -2.41. The maximum atomic E-state index is 12.1. The molecule has 1 saturated heterocycles. The lowest BCUT2D eigenvalue weighted by atomic mass is 10.1. The number of nitrogens with one attached hydrogen (secondary N) is 1. The Morgan fingerprint density at radius 1 is 1.36 bits per heavy atom. The summed E-state index contributed by atoms with van der Waals surface area (Å²) in [6.07, 6.45) is -1.04. The molecular weight excluding hydrogens is 288 g/mol. The normalized spacial score (nSPS) is 15.2. The number of methoxy groups -OCH3 is 1. The molecule has 0 saturated carbocycles. The van der Waals surface area contributed by atoms with Crippen molar-refractivity contribution in [2.75, 3.05) is 20.2 Å². The van der Waals surface area contributed by atoms with E-state index in [2.05, 4.69) is 5.32 Å². The number of urea groups is 1. The van der Waals surface area contributed by atoms with E-state index >= 15 is 0 Å². The highest BCUT2D eigenvalue weighted by atomic mass is 16.5. The molecule has 0 radical (unpaired) electrons. The number of ether oxygens (including phenoxy) is 2. The molecule has 2 rings (SSSR count). The quantitative estimate of drug-likeness (QED) is 0.842. The molecule has 1 aromatic carbocycles. The molecule has 0 spiro atoms. The summed E-state index contributed by atoms with van der Waals surface area (Å²) >= 11 is 0. The SMILES string of the molecule is COc1cc(C(=O)O[C@H](C)C(=O)N2CCNC2=O)ccc1C. The molecule has 118 valence electrons. The first-order valence-electron chi connectivity index (χ1n) is 6.89. The Kier molecular flexibility index (Phi) is 4.65. The number of esters is 1. The third-order valence-electron chi connectivity index (χ3n) is 3.40. The number of nitrogens with zero attached hydrogens (tertiary/aromatic N) is 1. The van der Waals surface area contributed by atoms with Gasteiger partial charge < -0.3 is 14.8 Å². The van der Waals surface area contributed by atoms with Crippen LogP contribution >= 0.6 is 0 Å². The summed E-state index contributed by atoms with van der Waals surface area (Å²) in [6.45, 7) is 3.97. The van der Waals surface area contributed by atoms with Crippen molar-refractivity contribution in [2.24, 2.45) is 0 Å². The molecule has 3 amide bonds. The van der Waals surface area contributed by atoms with Gasteiger partial charge in [-0.15, -0.1) is 0 Å². The summed E-state index contributed by atoms with van der Waals surface area (Å²) in [5, 5.41) is 2.52. The van der Waals surface area contributed by atoms with Crippen LogP contribution in [0, 0.1) is 6.92 Å². The monoisotopic (exact) mass is 306 g/mol. The molecule has 1 aliphatic rings. The molecule has 7 nitrogen and oxygen atoms in total. The van der Waals surface area contributed by atoms with Gasteiger partial charge in [-0.3, -0.25) is 9.69 Å². The summed E-state index contributed by atoms with van der Waals surface area (Å²) < 4.78 is 10.3. The first kappa shape index (κ1) is 15.8. The molecule has 1 aliphatic heterocycles. The molecule has 1 atom stereocenters. The van der Waals surface area contributed by atoms with Crippen LogP contribution in [0.25, 0.3) is 0 Å². The number of hydrogen-bond donors (Lipinski definition) is 1. The van der Waals surface area contributed by atoms with Crippen molar-refractivity contribution in [1.29, 1.82) is 0 Å². The molecular formula is C15H18N2O5. The van der Waals surface area contributed by atoms with Gasteiger partial charge in [-0.05, 0) is 31.5 Å². The average Bonchev–Trinajstić information content (AvgIpc) is 2.92. The third kappa shape index (κ3) is 3.19. The summed E-state index contributed by atoms with van der Waals surface area (Å²) in [7, 11) is 1.51. The van der Waals surface area contributed by atoms with Gasteiger partial charge in [0, 0.05) is 13.1 Å². The van der Waals surface area contributed by atoms with E-state index in [1.54, 1.807) is 18.2 Å². The Labute approximate surface area is 128 Å².